The van der Waals surface area contributed by atoms with E-state index in [9.17, 15) is 9.59 Å². The molecule has 0 saturated heterocycles. The lowest BCUT2D eigenvalue weighted by Crippen LogP contribution is -2.21. The van der Waals surface area contributed by atoms with E-state index in [-0.39, 0.29) is 12.4 Å². The van der Waals surface area contributed by atoms with E-state index >= 15 is 0 Å². The fraction of sp³-hybridized carbons (Fsp3) is 0. The second-order valence-corrected chi connectivity index (χ2v) is 3.33. The van der Waals surface area contributed by atoms with Crippen molar-refractivity contribution in [2.45, 2.75) is 0 Å². The molecule has 82 valence electrons. The van der Waals surface area contributed by atoms with Crippen LogP contribution in [0.5, 0.6) is 0 Å². The number of aromatic amines is 3. The molecule has 0 bridgehead atoms. The van der Waals surface area contributed by atoms with Crippen LogP contribution in [0.2, 0.25) is 0 Å². The molecule has 6 heteroatoms. The minimum absolute atomic E-state index is 0. The fourth-order valence-electron chi connectivity index (χ4n) is 1.75. The Bertz CT molecular complexity index is 769. The van der Waals surface area contributed by atoms with Crippen LogP contribution in [0.15, 0.2) is 33.9 Å². The van der Waals surface area contributed by atoms with Gasteiger partial charge in [-0.1, -0.05) is 18.2 Å². The van der Waals surface area contributed by atoms with E-state index in [1.807, 2.05) is 24.3 Å². The molecule has 0 saturated carbocycles. The zero-order valence-electron chi connectivity index (χ0n) is 8.03. The van der Waals surface area contributed by atoms with Crippen LogP contribution in [-0.4, -0.2) is 15.0 Å². The van der Waals surface area contributed by atoms with Crippen LogP contribution in [0.25, 0.3) is 21.9 Å². The molecule has 0 spiro atoms. The van der Waals surface area contributed by atoms with Gasteiger partial charge in [0, 0.05) is 10.9 Å². The van der Waals surface area contributed by atoms with E-state index in [4.69, 9.17) is 0 Å². The minimum atomic E-state index is -0.489. The largest absolute Gasteiger partial charge is 0.349 e. The molecule has 0 radical (unpaired) electrons. The standard InChI is InChI=1S/C10H7N3O2.ClH/c14-9-8-7(12-10(15)13-9)5-3-1-2-4-6(5)11-8;/h1-4,11H,(H2,12,13,14,15);1H. The van der Waals surface area contributed by atoms with Crippen molar-refractivity contribution in [2.24, 2.45) is 0 Å². The first-order valence-electron chi connectivity index (χ1n) is 4.49. The summed E-state index contributed by atoms with van der Waals surface area (Å²) in [6, 6.07) is 7.43. The van der Waals surface area contributed by atoms with Crippen molar-refractivity contribution in [3.8, 4) is 0 Å². The predicted octanol–water partition coefficient (Wildman–Crippen LogP) is 1.12. The Morgan fingerprint density at radius 3 is 2.44 bits per heavy atom. The second kappa shape index (κ2) is 3.53. The average Bonchev–Trinajstić information content (AvgIpc) is 2.57. The number of H-pyrrole nitrogens is 3. The summed E-state index contributed by atoms with van der Waals surface area (Å²) in [4.78, 5) is 30.3. The molecule has 0 aliphatic rings. The topological polar surface area (TPSA) is 81.5 Å². The molecule has 0 fully saturated rings. The monoisotopic (exact) mass is 237 g/mol. The summed E-state index contributed by atoms with van der Waals surface area (Å²) in [6.45, 7) is 0. The van der Waals surface area contributed by atoms with Crippen LogP contribution in [-0.2, 0) is 0 Å². The number of rotatable bonds is 0. The summed E-state index contributed by atoms with van der Waals surface area (Å²) in [6.07, 6.45) is 0. The first-order valence-corrected chi connectivity index (χ1v) is 4.49. The summed E-state index contributed by atoms with van der Waals surface area (Å²) in [5.74, 6) is 0. The first-order chi connectivity index (χ1) is 7.25. The lowest BCUT2D eigenvalue weighted by molar-refractivity contribution is 1.08. The number of halogens is 1. The van der Waals surface area contributed by atoms with Crippen molar-refractivity contribution in [1.29, 1.82) is 0 Å². The molecule has 1 aromatic carbocycles. The summed E-state index contributed by atoms with van der Waals surface area (Å²) in [5.41, 5.74) is 0.900. The summed E-state index contributed by atoms with van der Waals surface area (Å²) in [5, 5.41) is 0.843. The zero-order chi connectivity index (χ0) is 10.4. The van der Waals surface area contributed by atoms with Crippen molar-refractivity contribution in [2.75, 3.05) is 0 Å². The molecular weight excluding hydrogens is 230 g/mol. The SMILES string of the molecule is Cl.O=c1[nH]c(=O)c2[nH]c3ccccc3c2[nH]1. The van der Waals surface area contributed by atoms with Gasteiger partial charge in [0.15, 0.2) is 0 Å². The molecular formula is C10H8ClN3O2. The fourth-order valence-corrected chi connectivity index (χ4v) is 1.75. The molecule has 16 heavy (non-hydrogen) atoms. The van der Waals surface area contributed by atoms with Gasteiger partial charge in [-0.25, -0.2) is 4.79 Å². The maximum Gasteiger partial charge on any atom is 0.326 e. The quantitative estimate of drug-likeness (QED) is 0.548. The van der Waals surface area contributed by atoms with Gasteiger partial charge in [-0.05, 0) is 6.07 Å². The number of nitrogens with one attached hydrogen (secondary N) is 3. The Morgan fingerprint density at radius 2 is 1.62 bits per heavy atom. The molecule has 3 aromatic rings. The lowest BCUT2D eigenvalue weighted by atomic mass is 10.2. The Hall–Kier alpha value is -2.01. The normalized spacial score (nSPS) is 10.5. The summed E-state index contributed by atoms with van der Waals surface area (Å²) < 4.78 is 0. The number of para-hydroxylation sites is 1. The maximum absolute atomic E-state index is 11.5. The molecule has 3 rings (SSSR count). The van der Waals surface area contributed by atoms with Gasteiger partial charge in [-0.15, -0.1) is 12.4 Å². The van der Waals surface area contributed by atoms with Gasteiger partial charge in [0.2, 0.25) is 0 Å². The van der Waals surface area contributed by atoms with Crippen LogP contribution < -0.4 is 11.2 Å². The maximum atomic E-state index is 11.5. The van der Waals surface area contributed by atoms with Crippen molar-refractivity contribution >= 4 is 34.3 Å². The van der Waals surface area contributed by atoms with Crippen molar-refractivity contribution in [3.05, 3.63) is 45.1 Å². The van der Waals surface area contributed by atoms with Crippen molar-refractivity contribution < 1.29 is 0 Å². The van der Waals surface area contributed by atoms with Gasteiger partial charge in [0.25, 0.3) is 5.56 Å². The van der Waals surface area contributed by atoms with E-state index in [1.165, 1.54) is 0 Å². The average molecular weight is 238 g/mol. The van der Waals surface area contributed by atoms with Gasteiger partial charge >= 0.3 is 5.69 Å². The number of fused-ring (bicyclic) bond motifs is 3. The Morgan fingerprint density at radius 1 is 0.875 bits per heavy atom. The summed E-state index contributed by atoms with van der Waals surface area (Å²) >= 11 is 0. The van der Waals surface area contributed by atoms with E-state index in [0.29, 0.717) is 11.0 Å². The zero-order valence-corrected chi connectivity index (χ0v) is 8.85. The lowest BCUT2D eigenvalue weighted by Gasteiger charge is -1.88. The van der Waals surface area contributed by atoms with Crippen LogP contribution in [0.1, 0.15) is 0 Å². The minimum Gasteiger partial charge on any atom is -0.349 e. The van der Waals surface area contributed by atoms with E-state index in [1.54, 1.807) is 0 Å². The number of hydrogen-bond acceptors (Lipinski definition) is 2. The molecule has 2 heterocycles. The molecule has 0 unspecified atom stereocenters. The highest BCUT2D eigenvalue weighted by Gasteiger charge is 2.07. The van der Waals surface area contributed by atoms with Crippen molar-refractivity contribution in [1.82, 2.24) is 15.0 Å². The number of hydrogen-bond donors (Lipinski definition) is 3. The van der Waals surface area contributed by atoms with Crippen LogP contribution >= 0.6 is 12.4 Å². The molecule has 2 aromatic heterocycles. The Labute approximate surface area is 94.9 Å². The first kappa shape index (κ1) is 10.5. The molecule has 0 aliphatic heterocycles. The van der Waals surface area contributed by atoms with Crippen LogP contribution in [0.4, 0.5) is 0 Å². The van der Waals surface area contributed by atoms with Gasteiger partial charge in [-0.3, -0.25) is 9.78 Å². The van der Waals surface area contributed by atoms with E-state index in [0.717, 1.165) is 10.9 Å². The van der Waals surface area contributed by atoms with Gasteiger partial charge in [-0.2, -0.15) is 0 Å². The summed E-state index contributed by atoms with van der Waals surface area (Å²) in [7, 11) is 0. The molecule has 0 amide bonds. The Balaban J connectivity index is 0.000000963. The molecule has 5 nitrogen and oxygen atoms in total. The molecule has 0 atom stereocenters. The van der Waals surface area contributed by atoms with Crippen LogP contribution in [0, 0.1) is 0 Å². The van der Waals surface area contributed by atoms with Crippen molar-refractivity contribution in [3.63, 3.8) is 0 Å². The third-order valence-corrected chi connectivity index (χ3v) is 2.40. The molecule has 3 N–H and O–H groups in total. The number of aromatic nitrogens is 3. The van der Waals surface area contributed by atoms with Crippen LogP contribution in [0.3, 0.4) is 0 Å². The highest BCUT2D eigenvalue weighted by Crippen LogP contribution is 2.19. The highest BCUT2D eigenvalue weighted by atomic mass is 35.5. The van der Waals surface area contributed by atoms with E-state index in [2.05, 4.69) is 15.0 Å². The van der Waals surface area contributed by atoms with Gasteiger partial charge in [0.05, 0.1) is 5.52 Å². The number of benzene rings is 1. The Kier molecular flexibility index (Phi) is 2.32. The molecule has 0 aliphatic carbocycles. The predicted molar refractivity (Wildman–Crippen MR) is 64.3 cm³/mol. The van der Waals surface area contributed by atoms with E-state index < -0.39 is 11.2 Å². The third-order valence-electron chi connectivity index (χ3n) is 2.40. The highest BCUT2D eigenvalue weighted by molar-refractivity contribution is 6.04. The third kappa shape index (κ3) is 1.33. The van der Waals surface area contributed by atoms with Gasteiger partial charge in [0.1, 0.15) is 5.52 Å². The smallest absolute Gasteiger partial charge is 0.326 e. The van der Waals surface area contributed by atoms with Gasteiger partial charge < -0.3 is 9.97 Å². The second-order valence-electron chi connectivity index (χ2n) is 3.33.